The van der Waals surface area contributed by atoms with E-state index in [1.165, 1.54) is 0 Å². The normalized spacial score (nSPS) is 20.7. The molecule has 1 aromatic carbocycles. The third kappa shape index (κ3) is 4.78. The first kappa shape index (κ1) is 18.6. The molecule has 1 aliphatic rings. The van der Waals surface area contributed by atoms with Gasteiger partial charge in [0.05, 0.1) is 13.7 Å². The van der Waals surface area contributed by atoms with Crippen LogP contribution in [-0.2, 0) is 0 Å². The van der Waals surface area contributed by atoms with E-state index < -0.39 is 0 Å². The number of carbonyl (C=O) groups is 1. The van der Waals surface area contributed by atoms with Gasteiger partial charge in [-0.3, -0.25) is 4.79 Å². The minimum Gasteiger partial charge on any atom is -0.493 e. The average molecular weight is 329 g/mol. The van der Waals surface area contributed by atoms with Gasteiger partial charge in [0.25, 0.3) is 5.91 Å². The molecular weight excluding hydrogens is 304 g/mol. The predicted octanol–water partition coefficient (Wildman–Crippen LogP) is 2.39. The Balaban J connectivity index is 0.00000242. The lowest BCUT2D eigenvalue weighted by atomic mass is 10.0. The highest BCUT2D eigenvalue weighted by atomic mass is 35.5. The molecule has 0 aliphatic carbocycles. The van der Waals surface area contributed by atoms with Crippen LogP contribution >= 0.6 is 12.4 Å². The molecule has 1 heterocycles. The van der Waals surface area contributed by atoms with E-state index in [1.54, 1.807) is 25.3 Å². The first-order valence-corrected chi connectivity index (χ1v) is 7.49. The number of piperidine rings is 1. The molecule has 1 saturated heterocycles. The van der Waals surface area contributed by atoms with Gasteiger partial charge in [0.1, 0.15) is 0 Å². The third-order valence-electron chi connectivity index (χ3n) is 3.68. The Kier molecular flexibility index (Phi) is 7.48. The van der Waals surface area contributed by atoms with E-state index in [0.29, 0.717) is 29.7 Å². The molecule has 1 aliphatic heterocycles. The van der Waals surface area contributed by atoms with Gasteiger partial charge < -0.3 is 20.1 Å². The number of methoxy groups -OCH3 is 1. The molecule has 124 valence electrons. The number of nitrogens with one attached hydrogen (secondary N) is 2. The lowest BCUT2D eigenvalue weighted by molar-refractivity contribution is 0.0925. The molecule has 6 heteroatoms. The quantitative estimate of drug-likeness (QED) is 0.871. The van der Waals surface area contributed by atoms with E-state index in [2.05, 4.69) is 17.6 Å². The molecular formula is C16H25ClN2O3. The van der Waals surface area contributed by atoms with Crippen LogP contribution in [0, 0.1) is 0 Å². The summed E-state index contributed by atoms with van der Waals surface area (Å²) in [5.74, 6) is 1.19. The van der Waals surface area contributed by atoms with Crippen LogP contribution in [0.25, 0.3) is 0 Å². The van der Waals surface area contributed by atoms with Crippen molar-refractivity contribution in [1.29, 1.82) is 0 Å². The van der Waals surface area contributed by atoms with E-state index >= 15 is 0 Å². The highest BCUT2D eigenvalue weighted by molar-refractivity contribution is 5.95. The van der Waals surface area contributed by atoms with Crippen molar-refractivity contribution in [1.82, 2.24) is 10.6 Å². The van der Waals surface area contributed by atoms with E-state index in [4.69, 9.17) is 9.47 Å². The maximum atomic E-state index is 12.3. The molecule has 5 nitrogen and oxygen atoms in total. The first-order valence-electron chi connectivity index (χ1n) is 7.49. The SMILES string of the molecule is CCOc1ccc(C(=O)NC2CCNC(C)C2)cc1OC.Cl. The van der Waals surface area contributed by atoms with Gasteiger partial charge in [-0.15, -0.1) is 12.4 Å². The Morgan fingerprint density at radius 2 is 2.18 bits per heavy atom. The van der Waals surface area contributed by atoms with Crippen molar-refractivity contribution >= 4 is 18.3 Å². The Labute approximate surface area is 138 Å². The molecule has 1 aromatic rings. The van der Waals surface area contributed by atoms with Crippen molar-refractivity contribution in [3.63, 3.8) is 0 Å². The van der Waals surface area contributed by atoms with Crippen LogP contribution in [0.4, 0.5) is 0 Å². The molecule has 0 saturated carbocycles. The molecule has 2 unspecified atom stereocenters. The van der Waals surface area contributed by atoms with Crippen molar-refractivity contribution in [2.24, 2.45) is 0 Å². The summed E-state index contributed by atoms with van der Waals surface area (Å²) < 4.78 is 10.7. The van der Waals surface area contributed by atoms with Crippen molar-refractivity contribution < 1.29 is 14.3 Å². The van der Waals surface area contributed by atoms with Gasteiger partial charge in [0.15, 0.2) is 11.5 Å². The first-order chi connectivity index (χ1) is 10.1. The number of hydrogen-bond acceptors (Lipinski definition) is 4. The Morgan fingerprint density at radius 3 is 2.82 bits per heavy atom. The molecule has 0 spiro atoms. The summed E-state index contributed by atoms with van der Waals surface area (Å²) >= 11 is 0. The van der Waals surface area contributed by atoms with E-state index in [9.17, 15) is 4.79 Å². The van der Waals surface area contributed by atoms with Crippen LogP contribution in [-0.4, -0.2) is 38.3 Å². The van der Waals surface area contributed by atoms with Gasteiger partial charge in [-0.2, -0.15) is 0 Å². The van der Waals surface area contributed by atoms with Crippen molar-refractivity contribution in [3.05, 3.63) is 23.8 Å². The lowest BCUT2D eigenvalue weighted by Crippen LogP contribution is -2.46. The van der Waals surface area contributed by atoms with Gasteiger partial charge in [0.2, 0.25) is 0 Å². The zero-order chi connectivity index (χ0) is 15.2. The highest BCUT2D eigenvalue weighted by Gasteiger charge is 2.21. The van der Waals surface area contributed by atoms with E-state index in [-0.39, 0.29) is 24.4 Å². The fraction of sp³-hybridized carbons (Fsp3) is 0.562. The Bertz CT molecular complexity index is 496. The maximum Gasteiger partial charge on any atom is 0.251 e. The Hall–Kier alpha value is -1.46. The van der Waals surface area contributed by atoms with Crippen LogP contribution < -0.4 is 20.1 Å². The maximum absolute atomic E-state index is 12.3. The smallest absolute Gasteiger partial charge is 0.251 e. The van der Waals surface area contributed by atoms with Crippen molar-refractivity contribution in [2.75, 3.05) is 20.3 Å². The second-order valence-electron chi connectivity index (χ2n) is 5.35. The number of benzene rings is 1. The van der Waals surface area contributed by atoms with Crippen LogP contribution in [0.5, 0.6) is 11.5 Å². The second-order valence-corrected chi connectivity index (χ2v) is 5.35. The van der Waals surface area contributed by atoms with Gasteiger partial charge >= 0.3 is 0 Å². The van der Waals surface area contributed by atoms with Crippen LogP contribution in [0.2, 0.25) is 0 Å². The topological polar surface area (TPSA) is 59.6 Å². The molecule has 0 bridgehead atoms. The number of carbonyl (C=O) groups excluding carboxylic acids is 1. The minimum absolute atomic E-state index is 0. The minimum atomic E-state index is -0.0598. The van der Waals surface area contributed by atoms with E-state index in [0.717, 1.165) is 19.4 Å². The van der Waals surface area contributed by atoms with Gasteiger partial charge in [-0.05, 0) is 51.4 Å². The predicted molar refractivity (Wildman–Crippen MR) is 89.4 cm³/mol. The molecule has 1 fully saturated rings. The highest BCUT2D eigenvalue weighted by Crippen LogP contribution is 2.28. The Morgan fingerprint density at radius 1 is 1.41 bits per heavy atom. The largest absolute Gasteiger partial charge is 0.493 e. The lowest BCUT2D eigenvalue weighted by Gasteiger charge is -2.28. The fourth-order valence-corrected chi connectivity index (χ4v) is 2.62. The van der Waals surface area contributed by atoms with Crippen molar-refractivity contribution in [2.45, 2.75) is 38.8 Å². The van der Waals surface area contributed by atoms with Crippen molar-refractivity contribution in [3.8, 4) is 11.5 Å². The third-order valence-corrected chi connectivity index (χ3v) is 3.68. The zero-order valence-electron chi connectivity index (χ0n) is 13.3. The average Bonchev–Trinajstić information content (AvgIpc) is 2.48. The molecule has 2 rings (SSSR count). The number of halogens is 1. The molecule has 0 aromatic heterocycles. The molecule has 1 amide bonds. The molecule has 22 heavy (non-hydrogen) atoms. The number of rotatable bonds is 5. The van der Waals surface area contributed by atoms with Crippen LogP contribution in [0.3, 0.4) is 0 Å². The van der Waals surface area contributed by atoms with Gasteiger partial charge in [-0.1, -0.05) is 0 Å². The van der Waals surface area contributed by atoms with Crippen LogP contribution in [0.15, 0.2) is 18.2 Å². The van der Waals surface area contributed by atoms with Crippen LogP contribution in [0.1, 0.15) is 37.0 Å². The summed E-state index contributed by atoms with van der Waals surface area (Å²) in [6.45, 7) is 5.56. The summed E-state index contributed by atoms with van der Waals surface area (Å²) in [4.78, 5) is 12.3. The molecule has 2 N–H and O–H groups in total. The summed E-state index contributed by atoms with van der Waals surface area (Å²) in [5.41, 5.74) is 0.599. The standard InChI is InChI=1S/C16H24N2O3.ClH/c1-4-21-14-6-5-12(10-15(14)20-3)16(19)18-13-7-8-17-11(2)9-13;/h5-6,10-11,13,17H,4,7-9H2,1-3H3,(H,18,19);1H. The number of ether oxygens (including phenoxy) is 2. The fourth-order valence-electron chi connectivity index (χ4n) is 2.62. The second kappa shape index (κ2) is 8.86. The summed E-state index contributed by atoms with van der Waals surface area (Å²) in [6, 6.07) is 5.95. The summed E-state index contributed by atoms with van der Waals surface area (Å²) in [6.07, 6.45) is 1.92. The van der Waals surface area contributed by atoms with E-state index in [1.807, 2.05) is 6.92 Å². The van der Waals surface area contributed by atoms with Gasteiger partial charge in [-0.25, -0.2) is 0 Å². The summed E-state index contributed by atoms with van der Waals surface area (Å²) in [7, 11) is 1.58. The number of amides is 1. The monoisotopic (exact) mass is 328 g/mol. The molecule has 0 radical (unpaired) electrons. The molecule has 2 atom stereocenters. The van der Waals surface area contributed by atoms with Gasteiger partial charge in [0, 0.05) is 17.6 Å². The zero-order valence-corrected chi connectivity index (χ0v) is 14.2. The number of hydrogen-bond donors (Lipinski definition) is 2. The summed E-state index contributed by atoms with van der Waals surface area (Å²) in [5, 5.41) is 6.47.